The van der Waals surface area contributed by atoms with Gasteiger partial charge in [0.1, 0.15) is 0 Å². The molecule has 1 amide bonds. The molecule has 0 aliphatic heterocycles. The Labute approximate surface area is 100 Å². The standard InChI is InChI=1S/C12H19NO2S/c1-3-10(4-6-14)8-13-12(15)11-9(2)5-7-16-11/h5,7,10,14H,3-4,6,8H2,1-2H3,(H,13,15). The third kappa shape index (κ3) is 3.61. The molecule has 90 valence electrons. The maximum absolute atomic E-state index is 11.8. The fourth-order valence-electron chi connectivity index (χ4n) is 1.56. The molecule has 16 heavy (non-hydrogen) atoms. The highest BCUT2D eigenvalue weighted by molar-refractivity contribution is 7.12. The van der Waals surface area contributed by atoms with Crippen molar-refractivity contribution >= 4 is 17.2 Å². The molecule has 1 rings (SSSR count). The molecule has 1 atom stereocenters. The summed E-state index contributed by atoms with van der Waals surface area (Å²) in [6.07, 6.45) is 1.73. The van der Waals surface area contributed by atoms with Gasteiger partial charge in [-0.15, -0.1) is 11.3 Å². The topological polar surface area (TPSA) is 49.3 Å². The second kappa shape index (κ2) is 6.66. The van der Waals surface area contributed by atoms with Crippen LogP contribution in [0.2, 0.25) is 0 Å². The quantitative estimate of drug-likeness (QED) is 0.802. The molecule has 0 aliphatic carbocycles. The zero-order chi connectivity index (χ0) is 12.0. The maximum Gasteiger partial charge on any atom is 0.261 e. The van der Waals surface area contributed by atoms with Crippen LogP contribution in [0.5, 0.6) is 0 Å². The number of hydrogen-bond acceptors (Lipinski definition) is 3. The first-order chi connectivity index (χ1) is 7.69. The Morgan fingerprint density at radius 1 is 1.62 bits per heavy atom. The molecule has 0 aliphatic rings. The number of aliphatic hydroxyl groups is 1. The van der Waals surface area contributed by atoms with Crippen molar-refractivity contribution in [2.24, 2.45) is 5.92 Å². The third-order valence-corrected chi connectivity index (χ3v) is 3.75. The minimum absolute atomic E-state index is 0.00360. The molecule has 0 saturated carbocycles. The van der Waals surface area contributed by atoms with Crippen molar-refractivity contribution < 1.29 is 9.90 Å². The van der Waals surface area contributed by atoms with Crippen LogP contribution in [0.4, 0.5) is 0 Å². The van der Waals surface area contributed by atoms with Crippen molar-refractivity contribution in [2.45, 2.75) is 26.7 Å². The molecular formula is C12H19NO2S. The van der Waals surface area contributed by atoms with E-state index in [0.29, 0.717) is 12.5 Å². The summed E-state index contributed by atoms with van der Waals surface area (Å²) < 4.78 is 0. The molecule has 0 saturated heterocycles. The smallest absolute Gasteiger partial charge is 0.261 e. The van der Waals surface area contributed by atoms with E-state index in [2.05, 4.69) is 12.2 Å². The van der Waals surface area contributed by atoms with Gasteiger partial charge in [-0.1, -0.05) is 13.3 Å². The molecule has 0 spiro atoms. The lowest BCUT2D eigenvalue weighted by atomic mass is 10.0. The molecule has 1 aromatic heterocycles. The SMILES string of the molecule is CCC(CCO)CNC(=O)c1sccc1C. The zero-order valence-corrected chi connectivity index (χ0v) is 10.6. The fourth-order valence-corrected chi connectivity index (χ4v) is 2.40. The number of thiophene rings is 1. The summed E-state index contributed by atoms with van der Waals surface area (Å²) in [4.78, 5) is 12.6. The van der Waals surface area contributed by atoms with E-state index in [1.165, 1.54) is 11.3 Å². The molecule has 4 heteroatoms. The first-order valence-electron chi connectivity index (χ1n) is 5.62. The molecule has 1 unspecified atom stereocenters. The number of nitrogens with one attached hydrogen (secondary N) is 1. The van der Waals surface area contributed by atoms with Crippen LogP contribution in [-0.4, -0.2) is 24.2 Å². The van der Waals surface area contributed by atoms with Crippen LogP contribution < -0.4 is 5.32 Å². The predicted octanol–water partition coefficient (Wildman–Crippen LogP) is 2.19. The Bertz CT molecular complexity index is 336. The highest BCUT2D eigenvalue weighted by atomic mass is 32.1. The van der Waals surface area contributed by atoms with Crippen molar-refractivity contribution in [3.05, 3.63) is 21.9 Å². The lowest BCUT2D eigenvalue weighted by Gasteiger charge is -2.13. The number of aliphatic hydroxyl groups excluding tert-OH is 1. The molecule has 2 N–H and O–H groups in total. The average Bonchev–Trinajstić information content (AvgIpc) is 2.70. The van der Waals surface area contributed by atoms with Crippen molar-refractivity contribution in [3.8, 4) is 0 Å². The van der Waals surface area contributed by atoms with Gasteiger partial charge in [-0.3, -0.25) is 4.79 Å². The van der Waals surface area contributed by atoms with Crippen LogP contribution in [0.1, 0.15) is 35.0 Å². The Kier molecular flexibility index (Phi) is 5.49. The van der Waals surface area contributed by atoms with Crippen LogP contribution in [0, 0.1) is 12.8 Å². The van der Waals surface area contributed by atoms with Gasteiger partial charge in [-0.2, -0.15) is 0 Å². The number of carbonyl (C=O) groups excluding carboxylic acids is 1. The molecule has 0 radical (unpaired) electrons. The number of rotatable bonds is 6. The minimum Gasteiger partial charge on any atom is -0.396 e. The fraction of sp³-hybridized carbons (Fsp3) is 0.583. The largest absolute Gasteiger partial charge is 0.396 e. The Morgan fingerprint density at radius 3 is 2.88 bits per heavy atom. The summed E-state index contributed by atoms with van der Waals surface area (Å²) >= 11 is 1.47. The lowest BCUT2D eigenvalue weighted by Crippen LogP contribution is -2.29. The molecule has 3 nitrogen and oxygen atoms in total. The van der Waals surface area contributed by atoms with Crippen LogP contribution >= 0.6 is 11.3 Å². The molecule has 0 aromatic carbocycles. The van der Waals surface area contributed by atoms with Crippen LogP contribution in [-0.2, 0) is 0 Å². The van der Waals surface area contributed by atoms with E-state index in [0.717, 1.165) is 23.3 Å². The Hall–Kier alpha value is -0.870. The zero-order valence-electron chi connectivity index (χ0n) is 9.82. The van der Waals surface area contributed by atoms with Gasteiger partial charge in [0, 0.05) is 13.2 Å². The van der Waals surface area contributed by atoms with Crippen LogP contribution in [0.3, 0.4) is 0 Å². The molecular weight excluding hydrogens is 222 g/mol. The Balaban J connectivity index is 2.43. The van der Waals surface area contributed by atoms with Gasteiger partial charge in [-0.05, 0) is 36.3 Å². The lowest BCUT2D eigenvalue weighted by molar-refractivity contribution is 0.0947. The van der Waals surface area contributed by atoms with E-state index in [-0.39, 0.29) is 12.5 Å². The summed E-state index contributed by atoms with van der Waals surface area (Å²) in [7, 11) is 0. The van der Waals surface area contributed by atoms with E-state index >= 15 is 0 Å². The van der Waals surface area contributed by atoms with Gasteiger partial charge < -0.3 is 10.4 Å². The van der Waals surface area contributed by atoms with Gasteiger partial charge in [0.05, 0.1) is 4.88 Å². The summed E-state index contributed by atoms with van der Waals surface area (Å²) in [5, 5.41) is 13.7. The number of hydrogen-bond donors (Lipinski definition) is 2. The van der Waals surface area contributed by atoms with E-state index in [1.54, 1.807) is 0 Å². The van der Waals surface area contributed by atoms with Crippen molar-refractivity contribution in [1.29, 1.82) is 0 Å². The molecule has 1 aromatic rings. The van der Waals surface area contributed by atoms with E-state index in [4.69, 9.17) is 5.11 Å². The Morgan fingerprint density at radius 2 is 2.38 bits per heavy atom. The molecule has 0 fully saturated rings. The van der Waals surface area contributed by atoms with E-state index < -0.39 is 0 Å². The van der Waals surface area contributed by atoms with Crippen LogP contribution in [0.25, 0.3) is 0 Å². The predicted molar refractivity (Wildman–Crippen MR) is 66.9 cm³/mol. The molecule has 0 bridgehead atoms. The van der Waals surface area contributed by atoms with Crippen molar-refractivity contribution in [3.63, 3.8) is 0 Å². The highest BCUT2D eigenvalue weighted by Gasteiger charge is 2.12. The number of carbonyl (C=O) groups is 1. The number of amides is 1. The van der Waals surface area contributed by atoms with E-state index in [1.807, 2.05) is 18.4 Å². The van der Waals surface area contributed by atoms with Gasteiger partial charge in [-0.25, -0.2) is 0 Å². The van der Waals surface area contributed by atoms with Gasteiger partial charge in [0.15, 0.2) is 0 Å². The molecule has 1 heterocycles. The first-order valence-corrected chi connectivity index (χ1v) is 6.50. The third-order valence-electron chi connectivity index (χ3n) is 2.73. The van der Waals surface area contributed by atoms with Gasteiger partial charge in [0.25, 0.3) is 5.91 Å². The normalized spacial score (nSPS) is 12.4. The summed E-state index contributed by atoms with van der Waals surface area (Å²) in [5.41, 5.74) is 1.03. The highest BCUT2D eigenvalue weighted by Crippen LogP contribution is 2.15. The van der Waals surface area contributed by atoms with Crippen molar-refractivity contribution in [1.82, 2.24) is 5.32 Å². The second-order valence-corrected chi connectivity index (χ2v) is 4.85. The van der Waals surface area contributed by atoms with Crippen molar-refractivity contribution in [2.75, 3.05) is 13.2 Å². The monoisotopic (exact) mass is 241 g/mol. The summed E-state index contributed by atoms with van der Waals surface area (Å²) in [6, 6.07) is 1.95. The number of aryl methyl sites for hydroxylation is 1. The summed E-state index contributed by atoms with van der Waals surface area (Å²) in [5.74, 6) is 0.373. The van der Waals surface area contributed by atoms with E-state index in [9.17, 15) is 4.79 Å². The van der Waals surface area contributed by atoms with Crippen LogP contribution in [0.15, 0.2) is 11.4 Å². The minimum atomic E-state index is 0.00360. The first kappa shape index (κ1) is 13.2. The van der Waals surface area contributed by atoms with Gasteiger partial charge in [0.2, 0.25) is 0 Å². The average molecular weight is 241 g/mol. The van der Waals surface area contributed by atoms with Gasteiger partial charge >= 0.3 is 0 Å². The second-order valence-electron chi connectivity index (χ2n) is 3.93. The maximum atomic E-state index is 11.8. The summed E-state index contributed by atoms with van der Waals surface area (Å²) in [6.45, 7) is 4.85.